The Morgan fingerprint density at radius 3 is 2.86 bits per heavy atom. The first-order valence-corrected chi connectivity index (χ1v) is 8.85. The normalized spacial score (nSPS) is 22.0. The van der Waals surface area contributed by atoms with E-state index in [4.69, 9.17) is 0 Å². The summed E-state index contributed by atoms with van der Waals surface area (Å²) < 4.78 is 0. The third kappa shape index (κ3) is 6.81. The monoisotopic (exact) mass is 436 g/mol. The molecule has 0 aliphatic heterocycles. The topological polar surface area (TPSA) is 49.3 Å². The van der Waals surface area contributed by atoms with Crippen LogP contribution in [-0.4, -0.2) is 31.1 Å². The van der Waals surface area contributed by atoms with Crippen molar-refractivity contribution in [2.24, 2.45) is 16.8 Å². The molecule has 0 aromatic carbocycles. The Morgan fingerprint density at radius 2 is 2.23 bits per heavy atom. The SMILES string of the molecule is CN=C(NCCc1ncc(C)s1)NCC1CCCC(C)C1.I. The van der Waals surface area contributed by atoms with Crippen LogP contribution in [0.1, 0.15) is 42.5 Å². The number of rotatable bonds is 5. The Bertz CT molecular complexity index is 461. The lowest BCUT2D eigenvalue weighted by Gasteiger charge is -2.27. The largest absolute Gasteiger partial charge is 0.356 e. The fraction of sp³-hybridized carbons (Fsp3) is 0.750. The van der Waals surface area contributed by atoms with Gasteiger partial charge in [0.05, 0.1) is 5.01 Å². The molecule has 2 unspecified atom stereocenters. The van der Waals surface area contributed by atoms with Crippen LogP contribution in [0.15, 0.2) is 11.2 Å². The average Bonchev–Trinajstić information content (AvgIpc) is 2.88. The van der Waals surface area contributed by atoms with Gasteiger partial charge in [-0.1, -0.05) is 19.8 Å². The molecule has 22 heavy (non-hydrogen) atoms. The van der Waals surface area contributed by atoms with Crippen LogP contribution in [0, 0.1) is 18.8 Å². The number of hydrogen-bond acceptors (Lipinski definition) is 3. The van der Waals surface area contributed by atoms with Crippen LogP contribution < -0.4 is 10.6 Å². The van der Waals surface area contributed by atoms with Gasteiger partial charge in [0.2, 0.25) is 0 Å². The van der Waals surface area contributed by atoms with Gasteiger partial charge in [0.25, 0.3) is 0 Å². The maximum absolute atomic E-state index is 4.38. The number of aryl methyl sites for hydroxylation is 1. The summed E-state index contributed by atoms with van der Waals surface area (Å²) in [6.45, 7) is 6.39. The third-order valence-electron chi connectivity index (χ3n) is 4.13. The number of thiazole rings is 1. The van der Waals surface area contributed by atoms with E-state index in [9.17, 15) is 0 Å². The minimum absolute atomic E-state index is 0. The number of aromatic nitrogens is 1. The van der Waals surface area contributed by atoms with Crippen molar-refractivity contribution in [1.82, 2.24) is 15.6 Å². The Hall–Kier alpha value is -0.370. The van der Waals surface area contributed by atoms with Gasteiger partial charge >= 0.3 is 0 Å². The van der Waals surface area contributed by atoms with Gasteiger partial charge in [-0.05, 0) is 31.6 Å². The summed E-state index contributed by atoms with van der Waals surface area (Å²) in [6, 6.07) is 0. The predicted octanol–water partition coefficient (Wildman–Crippen LogP) is 3.60. The first-order valence-electron chi connectivity index (χ1n) is 8.03. The molecule has 1 aliphatic rings. The lowest BCUT2D eigenvalue weighted by Crippen LogP contribution is -2.41. The summed E-state index contributed by atoms with van der Waals surface area (Å²) in [6.07, 6.45) is 8.38. The minimum atomic E-state index is 0. The Morgan fingerprint density at radius 1 is 1.41 bits per heavy atom. The zero-order chi connectivity index (χ0) is 15.1. The van der Waals surface area contributed by atoms with E-state index in [1.54, 1.807) is 11.3 Å². The van der Waals surface area contributed by atoms with E-state index in [0.29, 0.717) is 0 Å². The molecule has 0 bridgehead atoms. The van der Waals surface area contributed by atoms with E-state index in [1.807, 2.05) is 13.2 Å². The van der Waals surface area contributed by atoms with E-state index in [2.05, 4.69) is 34.5 Å². The second-order valence-electron chi connectivity index (χ2n) is 6.13. The van der Waals surface area contributed by atoms with Crippen LogP contribution in [0.4, 0.5) is 0 Å². The highest BCUT2D eigenvalue weighted by Gasteiger charge is 2.18. The summed E-state index contributed by atoms with van der Waals surface area (Å²) in [5.41, 5.74) is 0. The minimum Gasteiger partial charge on any atom is -0.356 e. The lowest BCUT2D eigenvalue weighted by molar-refractivity contribution is 0.282. The first-order chi connectivity index (χ1) is 10.2. The first kappa shape index (κ1) is 19.7. The van der Waals surface area contributed by atoms with Crippen molar-refractivity contribution in [2.75, 3.05) is 20.1 Å². The summed E-state index contributed by atoms with van der Waals surface area (Å²) in [4.78, 5) is 9.97. The molecule has 0 spiro atoms. The Kier molecular flexibility index (Phi) is 9.31. The van der Waals surface area contributed by atoms with Crippen LogP contribution in [0.25, 0.3) is 0 Å². The summed E-state index contributed by atoms with van der Waals surface area (Å²) >= 11 is 1.77. The smallest absolute Gasteiger partial charge is 0.190 e. The molecule has 1 saturated carbocycles. The molecule has 0 amide bonds. The molecule has 4 nitrogen and oxygen atoms in total. The molecule has 0 radical (unpaired) electrons. The molecule has 1 aromatic rings. The maximum Gasteiger partial charge on any atom is 0.190 e. The predicted molar refractivity (Wildman–Crippen MR) is 106 cm³/mol. The van der Waals surface area contributed by atoms with E-state index in [-0.39, 0.29) is 24.0 Å². The van der Waals surface area contributed by atoms with Crippen LogP contribution in [0.3, 0.4) is 0 Å². The molecule has 1 aromatic heterocycles. The van der Waals surface area contributed by atoms with Crippen molar-refractivity contribution in [1.29, 1.82) is 0 Å². The van der Waals surface area contributed by atoms with Gasteiger partial charge < -0.3 is 10.6 Å². The Balaban J connectivity index is 0.00000242. The lowest BCUT2D eigenvalue weighted by atomic mass is 9.82. The van der Waals surface area contributed by atoms with Gasteiger partial charge in [-0.3, -0.25) is 4.99 Å². The van der Waals surface area contributed by atoms with Crippen molar-refractivity contribution in [3.05, 3.63) is 16.1 Å². The standard InChI is InChI=1S/C16H28N4S.HI/c1-12-5-4-6-14(9-12)11-20-16(17-3)18-8-7-15-19-10-13(2)21-15;/h10,12,14H,4-9,11H2,1-3H3,(H2,17,18,20);1H. The van der Waals surface area contributed by atoms with E-state index >= 15 is 0 Å². The van der Waals surface area contributed by atoms with Crippen molar-refractivity contribution < 1.29 is 0 Å². The zero-order valence-corrected chi connectivity index (χ0v) is 17.0. The van der Waals surface area contributed by atoms with Crippen molar-refractivity contribution in [3.8, 4) is 0 Å². The second kappa shape index (κ2) is 10.4. The number of hydrogen-bond donors (Lipinski definition) is 2. The van der Waals surface area contributed by atoms with Gasteiger partial charge in [-0.15, -0.1) is 35.3 Å². The van der Waals surface area contributed by atoms with Crippen molar-refractivity contribution >= 4 is 41.3 Å². The highest BCUT2D eigenvalue weighted by Crippen LogP contribution is 2.27. The average molecular weight is 436 g/mol. The van der Waals surface area contributed by atoms with Crippen LogP contribution in [0.2, 0.25) is 0 Å². The van der Waals surface area contributed by atoms with Crippen LogP contribution in [0.5, 0.6) is 0 Å². The molecule has 1 aliphatic carbocycles. The van der Waals surface area contributed by atoms with Crippen LogP contribution in [-0.2, 0) is 6.42 Å². The molecule has 2 N–H and O–H groups in total. The third-order valence-corrected chi connectivity index (χ3v) is 5.10. The van der Waals surface area contributed by atoms with Gasteiger partial charge in [-0.2, -0.15) is 0 Å². The number of guanidine groups is 1. The summed E-state index contributed by atoms with van der Waals surface area (Å²) in [5.74, 6) is 2.60. The maximum atomic E-state index is 4.38. The molecular formula is C16H29IN4S. The van der Waals surface area contributed by atoms with Gasteiger partial charge in [0.15, 0.2) is 5.96 Å². The quantitative estimate of drug-likeness (QED) is 0.421. The fourth-order valence-electron chi connectivity index (χ4n) is 3.01. The molecule has 2 rings (SSSR count). The Labute approximate surface area is 155 Å². The highest BCUT2D eigenvalue weighted by atomic mass is 127. The van der Waals surface area contributed by atoms with E-state index in [1.165, 1.54) is 35.6 Å². The molecule has 2 atom stereocenters. The second-order valence-corrected chi connectivity index (χ2v) is 7.45. The molecule has 6 heteroatoms. The van der Waals surface area contributed by atoms with Crippen molar-refractivity contribution in [3.63, 3.8) is 0 Å². The van der Waals surface area contributed by atoms with Gasteiger partial charge in [-0.25, -0.2) is 4.98 Å². The number of nitrogens with zero attached hydrogens (tertiary/aromatic N) is 2. The molecular weight excluding hydrogens is 407 g/mol. The van der Waals surface area contributed by atoms with Crippen molar-refractivity contribution in [2.45, 2.75) is 46.0 Å². The summed E-state index contributed by atoms with van der Waals surface area (Å²) in [5, 5.41) is 8.05. The number of nitrogens with one attached hydrogen (secondary N) is 2. The van der Waals surface area contributed by atoms with Gasteiger partial charge in [0, 0.05) is 37.6 Å². The highest BCUT2D eigenvalue weighted by molar-refractivity contribution is 14.0. The van der Waals surface area contributed by atoms with E-state index < -0.39 is 0 Å². The molecule has 1 heterocycles. The van der Waals surface area contributed by atoms with Crippen LogP contribution >= 0.6 is 35.3 Å². The molecule has 0 saturated heterocycles. The fourth-order valence-corrected chi connectivity index (χ4v) is 3.80. The number of aliphatic imine (C=N–C) groups is 1. The number of halogens is 1. The summed E-state index contributed by atoms with van der Waals surface area (Å²) in [7, 11) is 1.84. The van der Waals surface area contributed by atoms with E-state index in [0.717, 1.165) is 37.3 Å². The molecule has 126 valence electrons. The van der Waals surface area contributed by atoms with Gasteiger partial charge in [0.1, 0.15) is 0 Å². The zero-order valence-electron chi connectivity index (χ0n) is 13.9. The molecule has 1 fully saturated rings.